The van der Waals surface area contributed by atoms with Crippen LogP contribution in [0.5, 0.6) is 0 Å². The van der Waals surface area contributed by atoms with Crippen LogP contribution in [0.2, 0.25) is 5.02 Å². The number of urea groups is 1. The molecule has 0 aliphatic carbocycles. The van der Waals surface area contributed by atoms with E-state index in [1.807, 2.05) is 12.3 Å². The molecule has 0 unspecified atom stereocenters. The number of nitrogens with zero attached hydrogens (tertiary/aromatic N) is 3. The van der Waals surface area contributed by atoms with Crippen molar-refractivity contribution in [3.63, 3.8) is 0 Å². The number of benzene rings is 1. The molecule has 1 aliphatic rings. The van der Waals surface area contributed by atoms with E-state index in [0.29, 0.717) is 31.1 Å². The summed E-state index contributed by atoms with van der Waals surface area (Å²) in [5.41, 5.74) is 1.77. The van der Waals surface area contributed by atoms with Gasteiger partial charge in [0, 0.05) is 42.1 Å². The van der Waals surface area contributed by atoms with Gasteiger partial charge < -0.3 is 10.2 Å². The summed E-state index contributed by atoms with van der Waals surface area (Å²) in [4.78, 5) is 32.1. The summed E-state index contributed by atoms with van der Waals surface area (Å²) in [6.07, 6.45) is 0.695. The average molecular weight is 379 g/mol. The zero-order valence-corrected chi connectivity index (χ0v) is 15.4. The number of halogens is 1. The lowest BCUT2D eigenvalue weighted by atomic mass is 10.3. The van der Waals surface area contributed by atoms with Gasteiger partial charge in [0.05, 0.1) is 10.7 Å². The number of rotatable bonds is 6. The number of nitrogens with one attached hydrogen (secondary N) is 1. The molecule has 3 rings (SSSR count). The lowest BCUT2D eigenvalue weighted by molar-refractivity contribution is -0.121. The molecule has 1 aromatic carbocycles. The highest BCUT2D eigenvalue weighted by Crippen LogP contribution is 2.22. The summed E-state index contributed by atoms with van der Waals surface area (Å²) in [6, 6.07) is 6.95. The predicted molar refractivity (Wildman–Crippen MR) is 99.3 cm³/mol. The van der Waals surface area contributed by atoms with E-state index < -0.39 is 0 Å². The summed E-state index contributed by atoms with van der Waals surface area (Å²) in [7, 11) is 0. The summed E-state index contributed by atoms with van der Waals surface area (Å²) in [6.45, 7) is 3.63. The standard InChI is InChI=1S/C17H19ClN4O2S/c1-12-20-14(11-25-12)6-7-19-16(23)10-21-8-9-22(17(21)24)15-4-2-13(18)3-5-15/h2-5,11H,6-10H2,1H3,(H,19,23). The molecule has 3 amide bonds. The minimum Gasteiger partial charge on any atom is -0.354 e. The van der Waals surface area contributed by atoms with Gasteiger partial charge in [-0.2, -0.15) is 0 Å². The molecular weight excluding hydrogens is 360 g/mol. The first-order valence-corrected chi connectivity index (χ1v) is 9.28. The Balaban J connectivity index is 1.47. The van der Waals surface area contributed by atoms with Crippen LogP contribution in [0.15, 0.2) is 29.6 Å². The average Bonchev–Trinajstić information content (AvgIpc) is 3.15. The number of amides is 3. The number of aryl methyl sites for hydroxylation is 1. The number of hydrogen-bond acceptors (Lipinski definition) is 4. The van der Waals surface area contributed by atoms with Gasteiger partial charge in [0.2, 0.25) is 5.91 Å². The number of aromatic nitrogens is 1. The lowest BCUT2D eigenvalue weighted by Crippen LogP contribution is -2.40. The SMILES string of the molecule is Cc1nc(CCNC(=O)CN2CCN(c3ccc(Cl)cc3)C2=O)cs1. The molecule has 0 saturated carbocycles. The summed E-state index contributed by atoms with van der Waals surface area (Å²) < 4.78 is 0. The van der Waals surface area contributed by atoms with Crippen molar-refractivity contribution in [3.05, 3.63) is 45.4 Å². The number of anilines is 1. The van der Waals surface area contributed by atoms with Crippen molar-refractivity contribution < 1.29 is 9.59 Å². The molecular formula is C17H19ClN4O2S. The van der Waals surface area contributed by atoms with Crippen LogP contribution in [0.25, 0.3) is 0 Å². The molecule has 8 heteroatoms. The smallest absolute Gasteiger partial charge is 0.325 e. The van der Waals surface area contributed by atoms with Crippen LogP contribution < -0.4 is 10.2 Å². The Kier molecular flexibility index (Phi) is 5.55. The normalized spacial score (nSPS) is 14.2. The third-order valence-corrected chi connectivity index (χ3v) is 5.01. The van der Waals surface area contributed by atoms with Gasteiger partial charge in [-0.3, -0.25) is 9.69 Å². The molecule has 2 heterocycles. The van der Waals surface area contributed by atoms with E-state index in [1.165, 1.54) is 0 Å². The van der Waals surface area contributed by atoms with E-state index in [4.69, 9.17) is 11.6 Å². The van der Waals surface area contributed by atoms with Gasteiger partial charge in [-0.25, -0.2) is 9.78 Å². The van der Waals surface area contributed by atoms with Crippen LogP contribution in [0.4, 0.5) is 10.5 Å². The van der Waals surface area contributed by atoms with Gasteiger partial charge in [-0.05, 0) is 31.2 Å². The Morgan fingerprint density at radius 1 is 1.32 bits per heavy atom. The molecule has 1 N–H and O–H groups in total. The van der Waals surface area contributed by atoms with Gasteiger partial charge in [-0.1, -0.05) is 11.6 Å². The fraction of sp³-hybridized carbons (Fsp3) is 0.353. The molecule has 1 saturated heterocycles. The maximum Gasteiger partial charge on any atom is 0.325 e. The zero-order valence-electron chi connectivity index (χ0n) is 13.9. The largest absolute Gasteiger partial charge is 0.354 e. The Morgan fingerprint density at radius 3 is 2.76 bits per heavy atom. The quantitative estimate of drug-likeness (QED) is 0.840. The van der Waals surface area contributed by atoms with Gasteiger partial charge in [0.1, 0.15) is 6.54 Å². The number of carbonyl (C=O) groups is 2. The van der Waals surface area contributed by atoms with Crippen molar-refractivity contribution in [1.82, 2.24) is 15.2 Å². The second kappa shape index (κ2) is 7.84. The second-order valence-corrected chi connectivity index (χ2v) is 7.29. The monoisotopic (exact) mass is 378 g/mol. The molecule has 0 radical (unpaired) electrons. The molecule has 25 heavy (non-hydrogen) atoms. The van der Waals surface area contributed by atoms with Crippen molar-refractivity contribution in [2.75, 3.05) is 31.1 Å². The maximum absolute atomic E-state index is 12.5. The van der Waals surface area contributed by atoms with E-state index in [9.17, 15) is 9.59 Å². The van der Waals surface area contributed by atoms with E-state index in [2.05, 4.69) is 10.3 Å². The Bertz CT molecular complexity index is 762. The van der Waals surface area contributed by atoms with Crippen molar-refractivity contribution >= 4 is 40.6 Å². The topological polar surface area (TPSA) is 65.5 Å². The van der Waals surface area contributed by atoms with E-state index in [0.717, 1.165) is 16.4 Å². The first-order valence-electron chi connectivity index (χ1n) is 8.02. The highest BCUT2D eigenvalue weighted by molar-refractivity contribution is 7.09. The molecule has 1 aliphatic heterocycles. The van der Waals surface area contributed by atoms with Crippen LogP contribution in [0, 0.1) is 6.92 Å². The van der Waals surface area contributed by atoms with Crippen LogP contribution in [-0.4, -0.2) is 48.0 Å². The number of hydrogen-bond donors (Lipinski definition) is 1. The highest BCUT2D eigenvalue weighted by Gasteiger charge is 2.30. The fourth-order valence-corrected chi connectivity index (χ4v) is 3.45. The van der Waals surface area contributed by atoms with E-state index in [1.54, 1.807) is 45.4 Å². The molecule has 132 valence electrons. The first-order chi connectivity index (χ1) is 12.0. The molecule has 1 aromatic heterocycles. The van der Waals surface area contributed by atoms with Crippen LogP contribution in [0.1, 0.15) is 10.7 Å². The van der Waals surface area contributed by atoms with Gasteiger partial charge in [0.15, 0.2) is 0 Å². The maximum atomic E-state index is 12.5. The predicted octanol–water partition coefficient (Wildman–Crippen LogP) is 2.71. The zero-order chi connectivity index (χ0) is 17.8. The molecule has 6 nitrogen and oxygen atoms in total. The molecule has 0 bridgehead atoms. The minimum atomic E-state index is -0.160. The minimum absolute atomic E-state index is 0.0685. The third-order valence-electron chi connectivity index (χ3n) is 3.94. The van der Waals surface area contributed by atoms with Crippen molar-refractivity contribution in [3.8, 4) is 0 Å². The van der Waals surface area contributed by atoms with Crippen molar-refractivity contribution in [2.45, 2.75) is 13.3 Å². The van der Waals surface area contributed by atoms with E-state index >= 15 is 0 Å². The first kappa shape index (κ1) is 17.7. The Hall–Kier alpha value is -2.12. The van der Waals surface area contributed by atoms with Gasteiger partial charge >= 0.3 is 6.03 Å². The summed E-state index contributed by atoms with van der Waals surface area (Å²) in [5.74, 6) is -0.154. The fourth-order valence-electron chi connectivity index (χ4n) is 2.67. The third kappa shape index (κ3) is 4.49. The van der Waals surface area contributed by atoms with E-state index in [-0.39, 0.29) is 18.5 Å². The summed E-state index contributed by atoms with van der Waals surface area (Å²) >= 11 is 7.47. The van der Waals surface area contributed by atoms with Gasteiger partial charge in [0.25, 0.3) is 0 Å². The van der Waals surface area contributed by atoms with Crippen LogP contribution in [0.3, 0.4) is 0 Å². The molecule has 2 aromatic rings. The van der Waals surface area contributed by atoms with Gasteiger partial charge in [-0.15, -0.1) is 11.3 Å². The molecule has 0 spiro atoms. The van der Waals surface area contributed by atoms with Crippen LogP contribution in [-0.2, 0) is 11.2 Å². The molecule has 0 atom stereocenters. The molecule has 1 fully saturated rings. The lowest BCUT2D eigenvalue weighted by Gasteiger charge is -2.18. The second-order valence-electron chi connectivity index (χ2n) is 5.79. The Morgan fingerprint density at radius 2 is 2.08 bits per heavy atom. The van der Waals surface area contributed by atoms with Crippen molar-refractivity contribution in [2.24, 2.45) is 0 Å². The number of carbonyl (C=O) groups excluding carboxylic acids is 2. The summed E-state index contributed by atoms with van der Waals surface area (Å²) in [5, 5.41) is 6.49. The highest BCUT2D eigenvalue weighted by atomic mass is 35.5. The van der Waals surface area contributed by atoms with Crippen LogP contribution >= 0.6 is 22.9 Å². The Labute approximate surface area is 155 Å². The van der Waals surface area contributed by atoms with Crippen molar-refractivity contribution in [1.29, 1.82) is 0 Å². The number of thiazole rings is 1.